The van der Waals surface area contributed by atoms with Crippen molar-refractivity contribution in [2.45, 2.75) is 18.7 Å². The number of halogens is 1. The number of fused-ring (bicyclic) bond motifs is 1. The van der Waals surface area contributed by atoms with Gasteiger partial charge in [-0.15, -0.1) is 0 Å². The Kier molecular flexibility index (Phi) is 3.92. The van der Waals surface area contributed by atoms with Gasteiger partial charge >= 0.3 is 0 Å². The molecule has 2 aromatic rings. The summed E-state index contributed by atoms with van der Waals surface area (Å²) in [6.07, 6.45) is 0.811. The molecule has 0 radical (unpaired) electrons. The van der Waals surface area contributed by atoms with Gasteiger partial charge in [0.25, 0.3) is 0 Å². The summed E-state index contributed by atoms with van der Waals surface area (Å²) < 4.78 is 39.5. The van der Waals surface area contributed by atoms with E-state index in [1.165, 1.54) is 35.6 Å². The van der Waals surface area contributed by atoms with Crippen LogP contribution in [0.5, 0.6) is 0 Å². The van der Waals surface area contributed by atoms with Crippen LogP contribution in [0.25, 0.3) is 0 Å². The lowest BCUT2D eigenvalue weighted by molar-refractivity contribution is 0.599. The highest BCUT2D eigenvalue weighted by Gasteiger charge is 2.18. The SMILES string of the molecule is O=S(=O)(Cc1ccc(F)cc1)Nc1nc2c(s1)CNCC2. The van der Waals surface area contributed by atoms with Crippen molar-refractivity contribution < 1.29 is 12.8 Å². The van der Waals surface area contributed by atoms with Gasteiger partial charge in [-0.05, 0) is 17.7 Å². The van der Waals surface area contributed by atoms with Gasteiger partial charge in [-0.1, -0.05) is 23.5 Å². The number of thiazole rings is 1. The number of rotatable bonds is 4. The van der Waals surface area contributed by atoms with E-state index in [1.54, 1.807) is 0 Å². The molecule has 0 spiro atoms. The van der Waals surface area contributed by atoms with Gasteiger partial charge in [0.05, 0.1) is 11.4 Å². The molecule has 0 unspecified atom stereocenters. The van der Waals surface area contributed by atoms with Gasteiger partial charge in [0.1, 0.15) is 5.82 Å². The maximum Gasteiger partial charge on any atom is 0.238 e. The fraction of sp³-hybridized carbons (Fsp3) is 0.308. The topological polar surface area (TPSA) is 71.1 Å². The van der Waals surface area contributed by atoms with Crippen molar-refractivity contribution >= 4 is 26.5 Å². The number of hydrogen-bond acceptors (Lipinski definition) is 5. The van der Waals surface area contributed by atoms with Crippen LogP contribution in [0.15, 0.2) is 24.3 Å². The van der Waals surface area contributed by atoms with Crippen molar-refractivity contribution in [3.63, 3.8) is 0 Å². The predicted molar refractivity (Wildman–Crippen MR) is 80.2 cm³/mol. The molecule has 0 saturated carbocycles. The van der Waals surface area contributed by atoms with Crippen LogP contribution in [0.4, 0.5) is 9.52 Å². The van der Waals surface area contributed by atoms with E-state index in [0.717, 1.165) is 30.1 Å². The van der Waals surface area contributed by atoms with Crippen molar-refractivity contribution in [2.75, 3.05) is 11.3 Å². The summed E-state index contributed by atoms with van der Waals surface area (Å²) in [5, 5.41) is 3.61. The average molecular weight is 327 g/mol. The molecule has 1 aliphatic rings. The van der Waals surface area contributed by atoms with Crippen LogP contribution in [0.1, 0.15) is 16.1 Å². The molecule has 1 aromatic heterocycles. The van der Waals surface area contributed by atoms with Gasteiger partial charge < -0.3 is 5.32 Å². The molecule has 8 heteroatoms. The summed E-state index contributed by atoms with van der Waals surface area (Å²) in [4.78, 5) is 5.39. The fourth-order valence-electron chi connectivity index (χ4n) is 2.14. The first-order valence-corrected chi connectivity index (χ1v) is 8.93. The third-order valence-corrected chi connectivity index (χ3v) is 5.48. The molecular formula is C13H14FN3O2S2. The standard InChI is InChI=1S/C13H14FN3O2S2/c14-10-3-1-9(2-4-10)8-21(18,19)17-13-16-11-5-6-15-7-12(11)20-13/h1-4,15H,5-8H2,(H,16,17). The maximum absolute atomic E-state index is 12.8. The lowest BCUT2D eigenvalue weighted by atomic mass is 10.2. The van der Waals surface area contributed by atoms with Crippen LogP contribution in [0.2, 0.25) is 0 Å². The molecule has 2 heterocycles. The fourth-order valence-corrected chi connectivity index (χ4v) is 4.53. The Morgan fingerprint density at radius 1 is 1.33 bits per heavy atom. The number of anilines is 1. The van der Waals surface area contributed by atoms with Crippen molar-refractivity contribution in [2.24, 2.45) is 0 Å². The average Bonchev–Trinajstić information content (AvgIpc) is 2.82. The summed E-state index contributed by atoms with van der Waals surface area (Å²) in [6, 6.07) is 5.42. The molecule has 0 bridgehead atoms. The summed E-state index contributed by atoms with van der Waals surface area (Å²) in [5.74, 6) is -0.584. The van der Waals surface area contributed by atoms with Gasteiger partial charge in [-0.2, -0.15) is 0 Å². The number of aromatic nitrogens is 1. The maximum atomic E-state index is 12.8. The molecule has 1 aliphatic heterocycles. The van der Waals surface area contributed by atoms with E-state index in [4.69, 9.17) is 0 Å². The molecule has 2 N–H and O–H groups in total. The molecule has 21 heavy (non-hydrogen) atoms. The van der Waals surface area contributed by atoms with E-state index in [1.807, 2.05) is 0 Å². The smallest absolute Gasteiger partial charge is 0.238 e. The van der Waals surface area contributed by atoms with E-state index in [2.05, 4.69) is 15.0 Å². The highest BCUT2D eigenvalue weighted by atomic mass is 32.2. The van der Waals surface area contributed by atoms with Gasteiger partial charge in [0.15, 0.2) is 5.13 Å². The molecule has 0 fully saturated rings. The zero-order chi connectivity index (χ0) is 14.9. The predicted octanol–water partition coefficient (Wildman–Crippen LogP) is 1.87. The molecule has 0 atom stereocenters. The molecular weight excluding hydrogens is 313 g/mol. The Morgan fingerprint density at radius 2 is 2.10 bits per heavy atom. The first-order chi connectivity index (χ1) is 10.0. The Balaban J connectivity index is 1.73. The minimum atomic E-state index is -3.54. The van der Waals surface area contributed by atoms with Crippen LogP contribution >= 0.6 is 11.3 Å². The van der Waals surface area contributed by atoms with Crippen molar-refractivity contribution in [3.05, 3.63) is 46.2 Å². The van der Waals surface area contributed by atoms with E-state index in [-0.39, 0.29) is 11.6 Å². The molecule has 0 amide bonds. The van der Waals surface area contributed by atoms with E-state index < -0.39 is 10.0 Å². The lowest BCUT2D eigenvalue weighted by Gasteiger charge is -2.09. The second-order valence-electron chi connectivity index (χ2n) is 4.80. The van der Waals surface area contributed by atoms with Crippen LogP contribution in [0.3, 0.4) is 0 Å². The Labute approximate surface area is 126 Å². The van der Waals surface area contributed by atoms with E-state index in [9.17, 15) is 12.8 Å². The number of nitrogens with zero attached hydrogens (tertiary/aromatic N) is 1. The quantitative estimate of drug-likeness (QED) is 0.899. The Morgan fingerprint density at radius 3 is 2.81 bits per heavy atom. The summed E-state index contributed by atoms with van der Waals surface area (Å²) >= 11 is 1.35. The minimum absolute atomic E-state index is 0.199. The zero-order valence-corrected chi connectivity index (χ0v) is 12.7. The van der Waals surface area contributed by atoms with Crippen LogP contribution in [-0.2, 0) is 28.7 Å². The van der Waals surface area contributed by atoms with E-state index in [0.29, 0.717) is 10.7 Å². The lowest BCUT2D eigenvalue weighted by Crippen LogP contribution is -2.22. The van der Waals surface area contributed by atoms with Crippen LogP contribution in [0, 0.1) is 5.82 Å². The van der Waals surface area contributed by atoms with Gasteiger partial charge in [-0.25, -0.2) is 17.8 Å². The number of hydrogen-bond donors (Lipinski definition) is 2. The molecule has 1 aromatic carbocycles. The zero-order valence-electron chi connectivity index (χ0n) is 11.1. The second-order valence-corrected chi connectivity index (χ2v) is 7.61. The molecule has 3 rings (SSSR count). The molecule has 0 aliphatic carbocycles. The normalized spacial score (nSPS) is 14.7. The first kappa shape index (κ1) is 14.4. The van der Waals surface area contributed by atoms with Crippen molar-refractivity contribution in [1.29, 1.82) is 0 Å². The summed E-state index contributed by atoms with van der Waals surface area (Å²) in [6.45, 7) is 1.59. The van der Waals surface area contributed by atoms with E-state index >= 15 is 0 Å². The van der Waals surface area contributed by atoms with Gasteiger partial charge in [0.2, 0.25) is 10.0 Å². The van der Waals surface area contributed by atoms with Crippen LogP contribution in [-0.4, -0.2) is 19.9 Å². The Hall–Kier alpha value is -1.51. The highest BCUT2D eigenvalue weighted by molar-refractivity contribution is 7.92. The van der Waals surface area contributed by atoms with Crippen molar-refractivity contribution in [3.8, 4) is 0 Å². The minimum Gasteiger partial charge on any atom is -0.311 e. The molecule has 112 valence electrons. The van der Waals surface area contributed by atoms with Crippen molar-refractivity contribution in [1.82, 2.24) is 10.3 Å². The summed E-state index contributed by atoms with van der Waals surface area (Å²) in [5.41, 5.74) is 1.49. The monoisotopic (exact) mass is 327 g/mol. The van der Waals surface area contributed by atoms with Gasteiger partial charge in [-0.3, -0.25) is 4.72 Å². The third-order valence-electron chi connectivity index (χ3n) is 3.12. The summed E-state index contributed by atoms with van der Waals surface area (Å²) in [7, 11) is -3.54. The molecule has 5 nitrogen and oxygen atoms in total. The van der Waals surface area contributed by atoms with Crippen LogP contribution < -0.4 is 10.0 Å². The largest absolute Gasteiger partial charge is 0.311 e. The number of benzene rings is 1. The van der Waals surface area contributed by atoms with Gasteiger partial charge in [0, 0.05) is 24.4 Å². The highest BCUT2D eigenvalue weighted by Crippen LogP contribution is 2.26. The Bertz CT molecular complexity index is 718. The number of nitrogens with one attached hydrogen (secondary N) is 2. The molecule has 0 saturated heterocycles. The second kappa shape index (κ2) is 5.70. The third kappa shape index (κ3) is 3.58. The first-order valence-electron chi connectivity index (χ1n) is 6.46. The number of sulfonamides is 1.